The Morgan fingerprint density at radius 2 is 1.24 bits per heavy atom. The fourth-order valence-corrected chi connectivity index (χ4v) is 3.10. The van der Waals surface area contributed by atoms with Crippen LogP contribution in [0.1, 0.15) is 78.1 Å². The van der Waals surface area contributed by atoms with Gasteiger partial charge in [0.25, 0.3) is 0 Å². The van der Waals surface area contributed by atoms with Crippen molar-refractivity contribution >= 4 is 9.04 Å². The molecule has 0 saturated heterocycles. The summed E-state index contributed by atoms with van der Waals surface area (Å²) in [6, 6.07) is 0. The van der Waals surface area contributed by atoms with Gasteiger partial charge in [0, 0.05) is 6.10 Å². The standard InChI is InChI=1S/C15H33OSi/c1-5-7-9-10-12-14-15(16-17(3)4)13-11-8-6-2/h15H,5-14H2,1-4H3. The molecule has 2 heteroatoms. The van der Waals surface area contributed by atoms with Gasteiger partial charge >= 0.3 is 0 Å². The summed E-state index contributed by atoms with van der Waals surface area (Å²) in [4.78, 5) is 0. The van der Waals surface area contributed by atoms with Crippen molar-refractivity contribution in [3.63, 3.8) is 0 Å². The van der Waals surface area contributed by atoms with E-state index in [0.29, 0.717) is 6.10 Å². The lowest BCUT2D eigenvalue weighted by Gasteiger charge is -2.20. The highest BCUT2D eigenvalue weighted by Crippen LogP contribution is 2.16. The predicted octanol–water partition coefficient (Wildman–Crippen LogP) is 5.56. The van der Waals surface area contributed by atoms with E-state index in [1.165, 1.54) is 64.2 Å². The summed E-state index contributed by atoms with van der Waals surface area (Å²) in [6.07, 6.45) is 14.1. The summed E-state index contributed by atoms with van der Waals surface area (Å²) in [5.41, 5.74) is 0. The smallest absolute Gasteiger partial charge is 0.205 e. The minimum absolute atomic E-state index is 0.516. The van der Waals surface area contributed by atoms with E-state index in [1.807, 2.05) is 0 Å². The first-order chi connectivity index (χ1) is 8.20. The molecule has 103 valence electrons. The third-order valence-electron chi connectivity index (χ3n) is 3.16. The molecule has 0 aromatic carbocycles. The van der Waals surface area contributed by atoms with E-state index in [-0.39, 0.29) is 0 Å². The second-order valence-electron chi connectivity index (χ2n) is 5.35. The van der Waals surface area contributed by atoms with Crippen molar-refractivity contribution in [3.05, 3.63) is 0 Å². The Bertz CT molecular complexity index is 148. The number of rotatable bonds is 12. The fourth-order valence-electron chi connectivity index (χ4n) is 2.19. The monoisotopic (exact) mass is 257 g/mol. The Morgan fingerprint density at radius 1 is 0.765 bits per heavy atom. The number of unbranched alkanes of at least 4 members (excludes halogenated alkanes) is 6. The number of hydrogen-bond donors (Lipinski definition) is 0. The van der Waals surface area contributed by atoms with Crippen molar-refractivity contribution in [2.24, 2.45) is 0 Å². The Kier molecular flexibility index (Phi) is 12.8. The van der Waals surface area contributed by atoms with Gasteiger partial charge in [-0.25, -0.2) is 0 Å². The first kappa shape index (κ1) is 17.2. The van der Waals surface area contributed by atoms with Gasteiger partial charge in [0.2, 0.25) is 9.04 Å². The predicted molar refractivity (Wildman–Crippen MR) is 79.9 cm³/mol. The molecule has 0 aliphatic heterocycles. The van der Waals surface area contributed by atoms with Crippen LogP contribution in [0.25, 0.3) is 0 Å². The van der Waals surface area contributed by atoms with Gasteiger partial charge < -0.3 is 4.43 Å². The molecule has 1 unspecified atom stereocenters. The van der Waals surface area contributed by atoms with E-state index in [9.17, 15) is 0 Å². The molecule has 17 heavy (non-hydrogen) atoms. The maximum atomic E-state index is 6.11. The van der Waals surface area contributed by atoms with Gasteiger partial charge in [-0.1, -0.05) is 65.2 Å². The molecule has 0 spiro atoms. The largest absolute Gasteiger partial charge is 0.414 e. The molecule has 0 fully saturated rings. The average Bonchev–Trinajstić information content (AvgIpc) is 2.28. The molecule has 1 radical (unpaired) electrons. The van der Waals surface area contributed by atoms with Crippen LogP contribution in [0.5, 0.6) is 0 Å². The maximum absolute atomic E-state index is 6.11. The average molecular weight is 258 g/mol. The molecule has 0 aliphatic rings. The van der Waals surface area contributed by atoms with Crippen molar-refractivity contribution in [1.82, 2.24) is 0 Å². The molecule has 0 amide bonds. The van der Waals surface area contributed by atoms with Crippen LogP contribution in [0, 0.1) is 0 Å². The summed E-state index contributed by atoms with van der Waals surface area (Å²) < 4.78 is 6.11. The van der Waals surface area contributed by atoms with Gasteiger partial charge in [0.05, 0.1) is 0 Å². The molecule has 0 aromatic heterocycles. The van der Waals surface area contributed by atoms with Crippen LogP contribution in [0.2, 0.25) is 13.1 Å². The summed E-state index contributed by atoms with van der Waals surface area (Å²) in [6.45, 7) is 9.07. The summed E-state index contributed by atoms with van der Waals surface area (Å²) in [7, 11) is -0.516. The molecule has 0 saturated carbocycles. The quantitative estimate of drug-likeness (QED) is 0.328. The lowest BCUT2D eigenvalue weighted by molar-refractivity contribution is 0.175. The second kappa shape index (κ2) is 12.6. The zero-order valence-corrected chi connectivity index (χ0v) is 13.6. The highest BCUT2D eigenvalue weighted by Gasteiger charge is 2.11. The second-order valence-corrected chi connectivity index (χ2v) is 7.40. The third-order valence-corrected chi connectivity index (χ3v) is 3.97. The Balaban J connectivity index is 3.61. The van der Waals surface area contributed by atoms with Crippen LogP contribution >= 0.6 is 0 Å². The van der Waals surface area contributed by atoms with Crippen LogP contribution < -0.4 is 0 Å². The Labute approximate surface area is 111 Å². The molecule has 0 bridgehead atoms. The van der Waals surface area contributed by atoms with E-state index in [4.69, 9.17) is 4.43 Å². The highest BCUT2D eigenvalue weighted by atomic mass is 28.3. The molecular formula is C15H33OSi. The molecule has 1 atom stereocenters. The number of hydrogen-bond acceptors (Lipinski definition) is 1. The van der Waals surface area contributed by atoms with Gasteiger partial charge in [-0.2, -0.15) is 0 Å². The molecule has 0 heterocycles. The first-order valence-corrected chi connectivity index (χ1v) is 10.1. The van der Waals surface area contributed by atoms with Crippen molar-refractivity contribution in [2.45, 2.75) is 97.3 Å². The van der Waals surface area contributed by atoms with Crippen LogP contribution in [-0.4, -0.2) is 15.1 Å². The van der Waals surface area contributed by atoms with Gasteiger partial charge in [-0.05, 0) is 25.9 Å². The van der Waals surface area contributed by atoms with Gasteiger partial charge in [0.15, 0.2) is 0 Å². The first-order valence-electron chi connectivity index (χ1n) is 7.67. The van der Waals surface area contributed by atoms with Crippen molar-refractivity contribution < 1.29 is 4.43 Å². The normalized spacial score (nSPS) is 13.2. The van der Waals surface area contributed by atoms with Crippen molar-refractivity contribution in [1.29, 1.82) is 0 Å². The molecule has 0 N–H and O–H groups in total. The fraction of sp³-hybridized carbons (Fsp3) is 1.00. The summed E-state index contributed by atoms with van der Waals surface area (Å²) >= 11 is 0. The zero-order valence-electron chi connectivity index (χ0n) is 12.6. The Hall–Kier alpha value is 0.177. The van der Waals surface area contributed by atoms with E-state index in [2.05, 4.69) is 26.9 Å². The summed E-state index contributed by atoms with van der Waals surface area (Å²) in [5.74, 6) is 0. The van der Waals surface area contributed by atoms with Gasteiger partial charge in [-0.3, -0.25) is 0 Å². The van der Waals surface area contributed by atoms with Gasteiger partial charge in [-0.15, -0.1) is 0 Å². The third kappa shape index (κ3) is 12.4. The van der Waals surface area contributed by atoms with Crippen LogP contribution in [0.15, 0.2) is 0 Å². The van der Waals surface area contributed by atoms with Crippen molar-refractivity contribution in [3.8, 4) is 0 Å². The molecular weight excluding hydrogens is 224 g/mol. The van der Waals surface area contributed by atoms with Crippen LogP contribution in [0.4, 0.5) is 0 Å². The topological polar surface area (TPSA) is 9.23 Å². The zero-order chi connectivity index (χ0) is 12.9. The molecule has 0 rings (SSSR count). The SMILES string of the molecule is CCCCCCCC(CCCCC)O[Si](C)C. The molecule has 0 aromatic rings. The maximum Gasteiger partial charge on any atom is 0.205 e. The molecule has 0 aliphatic carbocycles. The molecule has 1 nitrogen and oxygen atoms in total. The van der Waals surface area contributed by atoms with E-state index < -0.39 is 9.04 Å². The lowest BCUT2D eigenvalue weighted by Crippen LogP contribution is -2.20. The Morgan fingerprint density at radius 3 is 1.76 bits per heavy atom. The minimum atomic E-state index is -0.516. The van der Waals surface area contributed by atoms with Crippen LogP contribution in [0.3, 0.4) is 0 Å². The van der Waals surface area contributed by atoms with E-state index in [0.717, 1.165) is 0 Å². The highest BCUT2D eigenvalue weighted by molar-refractivity contribution is 6.48. The summed E-state index contributed by atoms with van der Waals surface area (Å²) in [5, 5.41) is 0. The minimum Gasteiger partial charge on any atom is -0.414 e. The van der Waals surface area contributed by atoms with E-state index >= 15 is 0 Å². The van der Waals surface area contributed by atoms with E-state index in [1.54, 1.807) is 0 Å². The van der Waals surface area contributed by atoms with Crippen molar-refractivity contribution in [2.75, 3.05) is 0 Å². The van der Waals surface area contributed by atoms with Gasteiger partial charge in [0.1, 0.15) is 0 Å². The van der Waals surface area contributed by atoms with Crippen LogP contribution in [-0.2, 0) is 4.43 Å². The lowest BCUT2D eigenvalue weighted by atomic mass is 10.0.